The number of hydrogen-bond donors (Lipinski definition) is 1. The zero-order chi connectivity index (χ0) is 14.5. The summed E-state index contributed by atoms with van der Waals surface area (Å²) in [5, 5.41) is 3.28. The smallest absolute Gasteiger partial charge is 0.241 e. The van der Waals surface area contributed by atoms with E-state index in [1.54, 1.807) is 16.2 Å². The Bertz CT molecular complexity index is 638. The van der Waals surface area contributed by atoms with Gasteiger partial charge >= 0.3 is 0 Å². The molecule has 5 nitrogen and oxygen atoms in total. The Morgan fingerprint density at radius 1 is 1.40 bits per heavy atom. The summed E-state index contributed by atoms with van der Waals surface area (Å²) < 4.78 is 23.4. The summed E-state index contributed by atoms with van der Waals surface area (Å²) in [7, 11) is -2.99. The topological polar surface area (TPSA) is 66.5 Å². The predicted octanol–water partition coefficient (Wildman–Crippen LogP) is 1.06. The van der Waals surface area contributed by atoms with Crippen molar-refractivity contribution < 1.29 is 13.2 Å². The molecule has 1 N–H and O–H groups in total. The number of aryl methyl sites for hydroxylation is 1. The Kier molecular flexibility index (Phi) is 3.38. The highest BCUT2D eigenvalue weighted by Crippen LogP contribution is 2.34. The first-order chi connectivity index (χ1) is 9.37. The van der Waals surface area contributed by atoms with Crippen molar-refractivity contribution in [3.05, 3.63) is 21.9 Å². The van der Waals surface area contributed by atoms with Crippen LogP contribution < -0.4 is 5.32 Å². The molecule has 1 aromatic rings. The van der Waals surface area contributed by atoms with Crippen LogP contribution in [0.4, 0.5) is 0 Å². The number of carbonyl (C=O) groups is 1. The summed E-state index contributed by atoms with van der Waals surface area (Å²) in [5.41, 5.74) is 0. The maximum Gasteiger partial charge on any atom is 0.241 e. The molecular weight excluding hydrogens is 296 g/mol. The summed E-state index contributed by atoms with van der Waals surface area (Å²) in [4.78, 5) is 16.4. The average Bonchev–Trinajstić information content (AvgIpc) is 3.00. The van der Waals surface area contributed by atoms with E-state index < -0.39 is 9.84 Å². The third-order valence-corrected chi connectivity index (χ3v) is 6.75. The van der Waals surface area contributed by atoms with E-state index in [-0.39, 0.29) is 35.7 Å². The molecular formula is C13H18N2O3S2. The van der Waals surface area contributed by atoms with Gasteiger partial charge in [0.25, 0.3) is 0 Å². The first-order valence-electron chi connectivity index (χ1n) is 6.72. The van der Waals surface area contributed by atoms with E-state index in [2.05, 4.69) is 5.32 Å². The molecule has 0 saturated carbocycles. The molecule has 2 aliphatic rings. The van der Waals surface area contributed by atoms with Gasteiger partial charge in [0.15, 0.2) is 9.84 Å². The number of thiophene rings is 1. The summed E-state index contributed by atoms with van der Waals surface area (Å²) in [6.07, 6.45) is 0.359. The highest BCUT2D eigenvalue weighted by Gasteiger charge is 2.45. The van der Waals surface area contributed by atoms with Gasteiger partial charge in [-0.05, 0) is 32.4 Å². The Labute approximate surface area is 122 Å². The molecule has 0 radical (unpaired) electrons. The third-order valence-electron chi connectivity index (χ3n) is 3.94. The lowest BCUT2D eigenvalue weighted by Crippen LogP contribution is -2.40. The molecule has 1 amide bonds. The summed E-state index contributed by atoms with van der Waals surface area (Å²) in [5.74, 6) is 0.281. The van der Waals surface area contributed by atoms with E-state index >= 15 is 0 Å². The zero-order valence-corrected chi connectivity index (χ0v) is 13.1. The van der Waals surface area contributed by atoms with E-state index in [0.29, 0.717) is 6.42 Å². The van der Waals surface area contributed by atoms with Crippen LogP contribution in [0.3, 0.4) is 0 Å². The number of amides is 1. The maximum absolute atomic E-state index is 12.4. The number of rotatable bonds is 2. The highest BCUT2D eigenvalue weighted by molar-refractivity contribution is 7.91. The van der Waals surface area contributed by atoms with Crippen LogP contribution in [0.2, 0.25) is 0 Å². The van der Waals surface area contributed by atoms with Gasteiger partial charge in [0, 0.05) is 15.8 Å². The van der Waals surface area contributed by atoms with Crippen molar-refractivity contribution in [2.75, 3.05) is 11.5 Å². The van der Waals surface area contributed by atoms with Crippen molar-refractivity contribution in [1.29, 1.82) is 0 Å². The van der Waals surface area contributed by atoms with Crippen molar-refractivity contribution in [3.63, 3.8) is 0 Å². The molecule has 0 aliphatic carbocycles. The first kappa shape index (κ1) is 14.0. The van der Waals surface area contributed by atoms with Crippen molar-refractivity contribution in [1.82, 2.24) is 10.2 Å². The molecule has 7 heteroatoms. The average molecular weight is 314 g/mol. The molecule has 3 heterocycles. The normalized spacial score (nSPS) is 33.0. The monoisotopic (exact) mass is 314 g/mol. The quantitative estimate of drug-likeness (QED) is 0.886. The summed E-state index contributed by atoms with van der Waals surface area (Å²) in [6, 6.07) is 3.58. The van der Waals surface area contributed by atoms with Gasteiger partial charge in [0.2, 0.25) is 5.91 Å². The molecule has 2 fully saturated rings. The van der Waals surface area contributed by atoms with Crippen molar-refractivity contribution in [2.24, 2.45) is 0 Å². The van der Waals surface area contributed by atoms with Crippen LogP contribution in [0, 0.1) is 6.92 Å². The Morgan fingerprint density at radius 3 is 2.70 bits per heavy atom. The summed E-state index contributed by atoms with van der Waals surface area (Å²) in [6.45, 7) is 3.86. The van der Waals surface area contributed by atoms with Crippen LogP contribution >= 0.6 is 11.3 Å². The Morgan fingerprint density at radius 2 is 2.15 bits per heavy atom. The molecule has 0 bridgehead atoms. The van der Waals surface area contributed by atoms with Crippen LogP contribution in [0.1, 0.15) is 29.3 Å². The highest BCUT2D eigenvalue weighted by atomic mass is 32.2. The van der Waals surface area contributed by atoms with Gasteiger partial charge in [0.1, 0.15) is 6.17 Å². The van der Waals surface area contributed by atoms with E-state index in [1.807, 2.05) is 26.0 Å². The van der Waals surface area contributed by atoms with Crippen molar-refractivity contribution in [2.45, 2.75) is 38.5 Å². The lowest BCUT2D eigenvalue weighted by Gasteiger charge is -2.28. The van der Waals surface area contributed by atoms with Crippen molar-refractivity contribution >= 4 is 27.1 Å². The molecule has 1 aromatic heterocycles. The zero-order valence-electron chi connectivity index (χ0n) is 11.5. The minimum Gasteiger partial charge on any atom is -0.317 e. The van der Waals surface area contributed by atoms with Crippen LogP contribution in [-0.4, -0.2) is 42.8 Å². The largest absolute Gasteiger partial charge is 0.317 e. The van der Waals surface area contributed by atoms with Gasteiger partial charge in [-0.3, -0.25) is 10.1 Å². The van der Waals surface area contributed by atoms with Gasteiger partial charge in [-0.15, -0.1) is 11.3 Å². The molecule has 2 saturated heterocycles. The minimum atomic E-state index is -2.99. The van der Waals surface area contributed by atoms with Crippen LogP contribution in [0.25, 0.3) is 0 Å². The van der Waals surface area contributed by atoms with Gasteiger partial charge in [-0.1, -0.05) is 0 Å². The molecule has 0 aromatic carbocycles. The molecule has 110 valence electrons. The maximum atomic E-state index is 12.4. The molecule has 2 aliphatic heterocycles. The standard InChI is InChI=1S/C13H18N2O3S2/c1-8-3-4-11(19-8)12-14-9(2)13(16)15(12)10-5-6-20(17,18)7-10/h3-4,9-10,12,14H,5-7H2,1-2H3. The number of carbonyl (C=O) groups excluding carboxylic acids is 1. The number of sulfone groups is 1. The number of nitrogens with zero attached hydrogens (tertiary/aromatic N) is 1. The molecule has 0 spiro atoms. The van der Waals surface area contributed by atoms with E-state index in [1.165, 1.54) is 4.88 Å². The van der Waals surface area contributed by atoms with Crippen molar-refractivity contribution in [3.8, 4) is 0 Å². The fourth-order valence-corrected chi connectivity index (χ4v) is 5.59. The molecule has 3 rings (SSSR count). The van der Waals surface area contributed by atoms with Crippen LogP contribution in [0.15, 0.2) is 12.1 Å². The minimum absolute atomic E-state index is 0.00292. The second-order valence-corrected chi connectivity index (χ2v) is 9.09. The fraction of sp³-hybridized carbons (Fsp3) is 0.615. The van der Waals surface area contributed by atoms with Crippen LogP contribution in [-0.2, 0) is 14.6 Å². The Balaban J connectivity index is 1.91. The number of hydrogen-bond acceptors (Lipinski definition) is 5. The Hall–Kier alpha value is -0.920. The third kappa shape index (κ3) is 2.38. The van der Waals surface area contributed by atoms with E-state index in [9.17, 15) is 13.2 Å². The summed E-state index contributed by atoms with van der Waals surface area (Å²) >= 11 is 1.65. The van der Waals surface area contributed by atoms with Gasteiger partial charge in [-0.25, -0.2) is 8.42 Å². The molecule has 3 unspecified atom stereocenters. The fourth-order valence-electron chi connectivity index (χ4n) is 2.94. The second kappa shape index (κ2) is 4.82. The second-order valence-electron chi connectivity index (χ2n) is 5.54. The molecule has 3 atom stereocenters. The lowest BCUT2D eigenvalue weighted by atomic mass is 10.2. The van der Waals surface area contributed by atoms with E-state index in [4.69, 9.17) is 0 Å². The van der Waals surface area contributed by atoms with Gasteiger partial charge in [0.05, 0.1) is 17.5 Å². The lowest BCUT2D eigenvalue weighted by molar-refractivity contribution is -0.131. The van der Waals surface area contributed by atoms with Crippen LogP contribution in [0.5, 0.6) is 0 Å². The number of nitrogens with one attached hydrogen (secondary N) is 1. The van der Waals surface area contributed by atoms with Gasteiger partial charge in [-0.2, -0.15) is 0 Å². The molecule has 20 heavy (non-hydrogen) atoms. The van der Waals surface area contributed by atoms with E-state index in [0.717, 1.165) is 4.88 Å². The SMILES string of the molecule is Cc1ccc(C2NC(C)C(=O)N2C2CCS(=O)(=O)C2)s1. The van der Waals surface area contributed by atoms with Gasteiger partial charge < -0.3 is 4.90 Å². The predicted molar refractivity (Wildman–Crippen MR) is 78.3 cm³/mol. The first-order valence-corrected chi connectivity index (χ1v) is 9.36.